The molecule has 2 atom stereocenters. The molecular formula is C23H32O3. The van der Waals surface area contributed by atoms with Crippen molar-refractivity contribution >= 4 is 0 Å². The molecule has 0 spiro atoms. The van der Waals surface area contributed by atoms with Gasteiger partial charge in [0.05, 0.1) is 13.2 Å². The molecule has 0 N–H and O–H groups in total. The van der Waals surface area contributed by atoms with E-state index < -0.39 is 0 Å². The zero-order valence-electron chi connectivity index (χ0n) is 17.0. The number of terminal acetylenes is 1. The highest BCUT2D eigenvalue weighted by Gasteiger charge is 2.46. The van der Waals surface area contributed by atoms with Crippen LogP contribution in [0.2, 0.25) is 0 Å². The Balaban J connectivity index is 2.26. The molecule has 2 aliphatic rings. The van der Waals surface area contributed by atoms with Gasteiger partial charge in [0, 0.05) is 18.4 Å². The van der Waals surface area contributed by atoms with Crippen LogP contribution in [0.3, 0.4) is 0 Å². The fraction of sp³-hybridized carbons (Fsp3) is 0.652. The molecular weight excluding hydrogens is 324 g/mol. The Bertz CT molecular complexity index is 654. The molecule has 1 aliphatic heterocycles. The molecule has 0 aromatic carbocycles. The summed E-state index contributed by atoms with van der Waals surface area (Å²) in [7, 11) is 1.72. The van der Waals surface area contributed by atoms with E-state index in [-0.39, 0.29) is 29.1 Å². The summed E-state index contributed by atoms with van der Waals surface area (Å²) < 4.78 is 18.0. The summed E-state index contributed by atoms with van der Waals surface area (Å²) >= 11 is 0. The van der Waals surface area contributed by atoms with E-state index in [1.54, 1.807) is 19.3 Å². The fourth-order valence-corrected chi connectivity index (χ4v) is 4.05. The molecule has 142 valence electrons. The number of ether oxygens (including phenoxy) is 3. The van der Waals surface area contributed by atoms with Gasteiger partial charge in [-0.3, -0.25) is 0 Å². The van der Waals surface area contributed by atoms with Gasteiger partial charge < -0.3 is 14.2 Å². The summed E-state index contributed by atoms with van der Waals surface area (Å²) in [6.07, 6.45) is 10.1. The van der Waals surface area contributed by atoms with Crippen molar-refractivity contribution in [3.63, 3.8) is 0 Å². The molecule has 26 heavy (non-hydrogen) atoms. The Kier molecular flexibility index (Phi) is 6.75. The Labute approximate surface area is 159 Å². The van der Waals surface area contributed by atoms with Gasteiger partial charge in [-0.1, -0.05) is 51.0 Å². The highest BCUT2D eigenvalue weighted by Crippen LogP contribution is 2.49. The molecule has 0 aromatic rings. The monoisotopic (exact) mass is 356 g/mol. The number of hydrogen-bond acceptors (Lipinski definition) is 3. The van der Waals surface area contributed by atoms with Crippen molar-refractivity contribution < 1.29 is 14.2 Å². The van der Waals surface area contributed by atoms with Crippen molar-refractivity contribution in [2.75, 3.05) is 20.3 Å². The molecule has 1 fully saturated rings. The van der Waals surface area contributed by atoms with E-state index in [0.717, 1.165) is 12.8 Å². The topological polar surface area (TPSA) is 27.7 Å². The third kappa shape index (κ3) is 4.60. The second kappa shape index (κ2) is 8.45. The van der Waals surface area contributed by atoms with Crippen molar-refractivity contribution in [2.24, 2.45) is 16.7 Å². The van der Waals surface area contributed by atoms with Crippen LogP contribution in [-0.2, 0) is 14.2 Å². The molecule has 0 radical (unpaired) electrons. The lowest BCUT2D eigenvalue weighted by Crippen LogP contribution is -2.47. The fourth-order valence-electron chi connectivity index (χ4n) is 4.05. The number of hydrogen-bond donors (Lipinski definition) is 0. The molecule has 3 nitrogen and oxygen atoms in total. The Morgan fingerprint density at radius 2 is 1.85 bits per heavy atom. The molecule has 2 rings (SSSR count). The largest absolute Gasteiger partial charge is 0.368 e. The van der Waals surface area contributed by atoms with Crippen LogP contribution in [0.25, 0.3) is 0 Å². The van der Waals surface area contributed by atoms with Crippen LogP contribution < -0.4 is 0 Å². The number of rotatable bonds is 3. The first-order valence-corrected chi connectivity index (χ1v) is 9.31. The smallest absolute Gasteiger partial charge is 0.180 e. The third-order valence-corrected chi connectivity index (χ3v) is 5.51. The maximum Gasteiger partial charge on any atom is 0.180 e. The van der Waals surface area contributed by atoms with Crippen molar-refractivity contribution in [2.45, 2.75) is 59.9 Å². The van der Waals surface area contributed by atoms with Gasteiger partial charge >= 0.3 is 0 Å². The predicted octanol–water partition coefficient (Wildman–Crippen LogP) is 4.35. The second-order valence-corrected chi connectivity index (χ2v) is 8.62. The minimum absolute atomic E-state index is 0.0626. The number of allylic oxidation sites excluding steroid dienone is 3. The normalized spacial score (nSPS) is 26.9. The average Bonchev–Trinajstić information content (AvgIpc) is 2.57. The Hall–Kier alpha value is -1.52. The van der Waals surface area contributed by atoms with Gasteiger partial charge in [0.2, 0.25) is 0 Å². The SMILES string of the molecule is C#C/C=C\C#C[C@@H](OC)[C@@H]1CCC(C)=C(C2OCC(C)(C)CO2)C1(C)C. The van der Waals surface area contributed by atoms with Crippen LogP contribution in [0.5, 0.6) is 0 Å². The van der Waals surface area contributed by atoms with E-state index in [1.165, 1.54) is 11.1 Å². The van der Waals surface area contributed by atoms with Crippen LogP contribution in [0.1, 0.15) is 47.5 Å². The first-order valence-electron chi connectivity index (χ1n) is 9.31. The second-order valence-electron chi connectivity index (χ2n) is 8.62. The molecule has 0 bridgehead atoms. The molecule has 0 aromatic heterocycles. The summed E-state index contributed by atoms with van der Waals surface area (Å²) in [6, 6.07) is 0. The van der Waals surface area contributed by atoms with Gasteiger partial charge in [0.15, 0.2) is 6.29 Å². The van der Waals surface area contributed by atoms with Crippen LogP contribution in [-0.4, -0.2) is 32.7 Å². The first-order chi connectivity index (χ1) is 12.2. The lowest BCUT2D eigenvalue weighted by Gasteiger charge is -2.47. The first kappa shape index (κ1) is 20.8. The highest BCUT2D eigenvalue weighted by atomic mass is 16.7. The van der Waals surface area contributed by atoms with Crippen LogP contribution >= 0.6 is 0 Å². The van der Waals surface area contributed by atoms with E-state index in [2.05, 4.69) is 52.4 Å². The summed E-state index contributed by atoms with van der Waals surface area (Å²) in [5, 5.41) is 0. The predicted molar refractivity (Wildman–Crippen MR) is 105 cm³/mol. The standard InChI is InChI=1S/C23H32O3/c1-8-9-10-11-12-19(24-7)18-14-13-17(2)20(23(18,5)6)21-25-15-22(3,4)16-26-21/h1,9-10,18-19,21H,13-16H2,2-7H3/b10-9-/t18-,19+/m0/s1. The van der Waals surface area contributed by atoms with Gasteiger partial charge in [-0.05, 0) is 42.9 Å². The highest BCUT2D eigenvalue weighted by molar-refractivity contribution is 5.30. The van der Waals surface area contributed by atoms with Crippen molar-refractivity contribution in [1.82, 2.24) is 0 Å². The van der Waals surface area contributed by atoms with Crippen LogP contribution in [0, 0.1) is 40.9 Å². The minimum atomic E-state index is -0.271. The van der Waals surface area contributed by atoms with Gasteiger partial charge in [-0.25, -0.2) is 0 Å². The zero-order chi connectivity index (χ0) is 19.4. The molecule has 0 amide bonds. The lowest BCUT2D eigenvalue weighted by atomic mass is 9.63. The van der Waals surface area contributed by atoms with Crippen molar-refractivity contribution in [3.8, 4) is 24.2 Å². The van der Waals surface area contributed by atoms with Crippen molar-refractivity contribution in [1.29, 1.82) is 0 Å². The van der Waals surface area contributed by atoms with E-state index in [9.17, 15) is 0 Å². The molecule has 0 unspecified atom stereocenters. The van der Waals surface area contributed by atoms with Gasteiger partial charge in [-0.15, -0.1) is 6.42 Å². The van der Waals surface area contributed by atoms with Gasteiger partial charge in [0.25, 0.3) is 0 Å². The average molecular weight is 357 g/mol. The van der Waals surface area contributed by atoms with E-state index in [0.29, 0.717) is 13.2 Å². The Morgan fingerprint density at radius 3 is 2.42 bits per heavy atom. The van der Waals surface area contributed by atoms with E-state index in [4.69, 9.17) is 20.6 Å². The van der Waals surface area contributed by atoms with Crippen LogP contribution in [0.15, 0.2) is 23.3 Å². The lowest BCUT2D eigenvalue weighted by molar-refractivity contribution is -0.211. The summed E-state index contributed by atoms with van der Waals surface area (Å²) in [5.41, 5.74) is 2.56. The Morgan fingerprint density at radius 1 is 1.19 bits per heavy atom. The van der Waals surface area contributed by atoms with Gasteiger partial charge in [-0.2, -0.15) is 0 Å². The van der Waals surface area contributed by atoms with E-state index >= 15 is 0 Å². The number of methoxy groups -OCH3 is 1. The maximum absolute atomic E-state index is 6.12. The summed E-state index contributed by atoms with van der Waals surface area (Å²) in [4.78, 5) is 0. The molecule has 1 saturated heterocycles. The zero-order valence-corrected chi connectivity index (χ0v) is 17.0. The summed E-state index contributed by atoms with van der Waals surface area (Å²) in [5.74, 6) is 8.95. The van der Waals surface area contributed by atoms with Crippen molar-refractivity contribution in [3.05, 3.63) is 23.3 Å². The molecule has 0 saturated carbocycles. The maximum atomic E-state index is 6.12. The molecule has 1 heterocycles. The summed E-state index contributed by atoms with van der Waals surface area (Å²) in [6.45, 7) is 12.5. The quantitative estimate of drug-likeness (QED) is 0.556. The van der Waals surface area contributed by atoms with E-state index in [1.807, 2.05) is 0 Å². The van der Waals surface area contributed by atoms with Crippen LogP contribution in [0.4, 0.5) is 0 Å². The minimum Gasteiger partial charge on any atom is -0.368 e. The molecule has 3 heteroatoms. The third-order valence-electron chi connectivity index (χ3n) is 5.51. The van der Waals surface area contributed by atoms with Gasteiger partial charge in [0.1, 0.15) is 6.10 Å². The molecule has 1 aliphatic carbocycles.